The molecule has 1 aliphatic rings. The molecule has 3 atom stereocenters. The maximum Gasteiger partial charge on any atom is 0.175 e. The van der Waals surface area contributed by atoms with E-state index >= 15 is 0 Å². The summed E-state index contributed by atoms with van der Waals surface area (Å²) < 4.78 is 25.9. The van der Waals surface area contributed by atoms with Crippen molar-refractivity contribution >= 4 is 8.07 Å². The zero-order valence-corrected chi connectivity index (χ0v) is 26.9. The number of rotatable bonds is 16. The molecule has 0 bridgehead atoms. The minimum Gasteiger partial charge on any atom is -0.389 e. The van der Waals surface area contributed by atoms with Crippen molar-refractivity contribution in [2.24, 2.45) is 0 Å². The standard InChI is InChI=1S/C32H48FN5O3Si/c1-24-12-13-26(20-31(24)33)19-28-10-8-16-37(28)21-29(39)22-41-25(2)30-11-7-6-9-27(30)14-15-32-34-36-38(35-32)23-40-17-18-42(3,4)5/h6-7,9,11-13,20,25,28-29,39H,8,10,14-19,21-23H2,1-5H3/t25-,28+,29-/m1/s1. The van der Waals surface area contributed by atoms with Gasteiger partial charge >= 0.3 is 0 Å². The number of hydrogen-bond donors (Lipinski definition) is 1. The van der Waals surface area contributed by atoms with Crippen LogP contribution in [0.5, 0.6) is 0 Å². The molecule has 0 unspecified atom stereocenters. The third kappa shape index (κ3) is 10.1. The van der Waals surface area contributed by atoms with E-state index < -0.39 is 14.2 Å². The van der Waals surface area contributed by atoms with Gasteiger partial charge in [0.15, 0.2) is 12.6 Å². The molecule has 1 fully saturated rings. The molecule has 2 aromatic carbocycles. The first kappa shape index (κ1) is 32.4. The fourth-order valence-electron chi connectivity index (χ4n) is 5.43. The number of halogens is 1. The number of aliphatic hydroxyl groups is 1. The second-order valence-corrected chi connectivity index (χ2v) is 18.5. The lowest BCUT2D eigenvalue weighted by Gasteiger charge is -2.27. The Bertz CT molecular complexity index is 1270. The lowest BCUT2D eigenvalue weighted by Crippen LogP contribution is -2.39. The van der Waals surface area contributed by atoms with Gasteiger partial charge in [0.2, 0.25) is 0 Å². The van der Waals surface area contributed by atoms with Crippen molar-refractivity contribution in [2.75, 3.05) is 26.3 Å². The zero-order valence-electron chi connectivity index (χ0n) is 25.9. The molecule has 10 heteroatoms. The van der Waals surface area contributed by atoms with Gasteiger partial charge in [-0.05, 0) is 85.7 Å². The molecule has 1 N–H and O–H groups in total. The van der Waals surface area contributed by atoms with E-state index in [1.807, 2.05) is 31.2 Å². The summed E-state index contributed by atoms with van der Waals surface area (Å²) in [6.07, 6.45) is 3.62. The van der Waals surface area contributed by atoms with Crippen molar-refractivity contribution < 1.29 is 19.0 Å². The van der Waals surface area contributed by atoms with Crippen LogP contribution in [0.4, 0.5) is 4.39 Å². The Morgan fingerprint density at radius 3 is 2.74 bits per heavy atom. The van der Waals surface area contributed by atoms with E-state index in [1.165, 1.54) is 10.4 Å². The first-order valence-electron chi connectivity index (χ1n) is 15.3. The molecular weight excluding hydrogens is 549 g/mol. The summed E-state index contributed by atoms with van der Waals surface area (Å²) in [6, 6.07) is 15.2. The van der Waals surface area contributed by atoms with Gasteiger partial charge in [-0.3, -0.25) is 4.90 Å². The monoisotopic (exact) mass is 597 g/mol. The van der Waals surface area contributed by atoms with Gasteiger partial charge < -0.3 is 14.6 Å². The summed E-state index contributed by atoms with van der Waals surface area (Å²) in [4.78, 5) is 3.84. The Kier molecular flexibility index (Phi) is 11.8. The van der Waals surface area contributed by atoms with Crippen molar-refractivity contribution in [3.63, 3.8) is 0 Å². The Hall–Kier alpha value is -2.50. The number of likely N-dealkylation sites (tertiary alicyclic amines) is 1. The quantitative estimate of drug-likeness (QED) is 0.176. The molecule has 0 amide bonds. The van der Waals surface area contributed by atoms with E-state index in [4.69, 9.17) is 9.47 Å². The molecule has 0 aliphatic carbocycles. The van der Waals surface area contributed by atoms with E-state index in [9.17, 15) is 9.50 Å². The maximum atomic E-state index is 14.0. The number of ether oxygens (including phenoxy) is 2. The third-order valence-electron chi connectivity index (χ3n) is 8.00. The van der Waals surface area contributed by atoms with Crippen LogP contribution in [0.1, 0.15) is 53.9 Å². The van der Waals surface area contributed by atoms with Crippen LogP contribution in [-0.4, -0.2) is 76.7 Å². The van der Waals surface area contributed by atoms with Gasteiger partial charge in [-0.15, -0.1) is 15.0 Å². The van der Waals surface area contributed by atoms with Crippen LogP contribution in [0, 0.1) is 12.7 Å². The molecule has 3 aromatic rings. The predicted molar refractivity (Wildman–Crippen MR) is 166 cm³/mol. The molecule has 1 aliphatic heterocycles. The summed E-state index contributed by atoms with van der Waals surface area (Å²) in [5.74, 6) is 0.538. The Morgan fingerprint density at radius 1 is 1.14 bits per heavy atom. The van der Waals surface area contributed by atoms with E-state index in [-0.39, 0.29) is 18.5 Å². The normalized spacial score (nSPS) is 17.5. The van der Waals surface area contributed by atoms with E-state index in [0.717, 1.165) is 56.0 Å². The molecule has 2 heterocycles. The van der Waals surface area contributed by atoms with Crippen LogP contribution in [0.3, 0.4) is 0 Å². The smallest absolute Gasteiger partial charge is 0.175 e. The summed E-state index contributed by atoms with van der Waals surface area (Å²) in [7, 11) is -1.12. The van der Waals surface area contributed by atoms with E-state index in [1.54, 1.807) is 13.0 Å². The first-order valence-corrected chi connectivity index (χ1v) is 19.0. The Balaban J connectivity index is 1.23. The van der Waals surface area contributed by atoms with Crippen molar-refractivity contribution in [3.05, 3.63) is 76.4 Å². The Morgan fingerprint density at radius 2 is 1.95 bits per heavy atom. The highest BCUT2D eigenvalue weighted by molar-refractivity contribution is 6.76. The number of tetrazole rings is 1. The number of aliphatic hydroxyl groups excluding tert-OH is 1. The molecule has 42 heavy (non-hydrogen) atoms. The first-order chi connectivity index (χ1) is 20.1. The largest absolute Gasteiger partial charge is 0.389 e. The average molecular weight is 598 g/mol. The lowest BCUT2D eigenvalue weighted by atomic mass is 9.99. The number of β-amino-alcohol motifs (C(OH)–C–C–N with tert-alkyl or cyclic N) is 1. The summed E-state index contributed by atoms with van der Waals surface area (Å²) in [5, 5.41) is 23.7. The number of aromatic nitrogens is 4. The molecule has 1 aromatic heterocycles. The summed E-state index contributed by atoms with van der Waals surface area (Å²) in [5.41, 5.74) is 3.96. The second kappa shape index (κ2) is 15.3. The van der Waals surface area contributed by atoms with Crippen LogP contribution < -0.4 is 0 Å². The van der Waals surface area contributed by atoms with E-state index in [0.29, 0.717) is 37.1 Å². The summed E-state index contributed by atoms with van der Waals surface area (Å²) in [6.45, 7) is 13.6. The fourth-order valence-corrected chi connectivity index (χ4v) is 6.19. The van der Waals surface area contributed by atoms with E-state index in [2.05, 4.69) is 52.1 Å². The minimum atomic E-state index is -1.12. The van der Waals surface area contributed by atoms with Crippen LogP contribution in [0.15, 0.2) is 42.5 Å². The van der Waals surface area contributed by atoms with Gasteiger partial charge in [0, 0.05) is 33.7 Å². The zero-order chi connectivity index (χ0) is 30.1. The number of hydrogen-bond acceptors (Lipinski definition) is 7. The molecular formula is C32H48FN5O3Si. The highest BCUT2D eigenvalue weighted by Crippen LogP contribution is 2.25. The Labute approximate surface area is 251 Å². The van der Waals surface area contributed by atoms with Crippen LogP contribution in [0.25, 0.3) is 0 Å². The fraction of sp³-hybridized carbons (Fsp3) is 0.594. The van der Waals surface area contributed by atoms with Crippen LogP contribution >= 0.6 is 0 Å². The van der Waals surface area contributed by atoms with Crippen LogP contribution in [0.2, 0.25) is 25.7 Å². The molecule has 0 radical (unpaired) electrons. The van der Waals surface area contributed by atoms with Gasteiger partial charge in [0.05, 0.1) is 18.8 Å². The van der Waals surface area contributed by atoms with Crippen molar-refractivity contribution in [1.82, 2.24) is 25.1 Å². The number of benzene rings is 2. The molecule has 8 nitrogen and oxygen atoms in total. The van der Waals surface area contributed by atoms with Crippen molar-refractivity contribution in [1.29, 1.82) is 0 Å². The molecule has 0 saturated carbocycles. The van der Waals surface area contributed by atoms with Gasteiger partial charge in [-0.1, -0.05) is 56.0 Å². The molecule has 4 rings (SSSR count). The van der Waals surface area contributed by atoms with Crippen molar-refractivity contribution in [3.8, 4) is 0 Å². The van der Waals surface area contributed by atoms with Gasteiger partial charge in [0.25, 0.3) is 0 Å². The van der Waals surface area contributed by atoms with Gasteiger partial charge in [0.1, 0.15) is 5.82 Å². The highest BCUT2D eigenvalue weighted by atomic mass is 28.3. The highest BCUT2D eigenvalue weighted by Gasteiger charge is 2.27. The second-order valence-electron chi connectivity index (χ2n) is 12.8. The van der Waals surface area contributed by atoms with Crippen LogP contribution in [-0.2, 0) is 35.5 Å². The topological polar surface area (TPSA) is 85.5 Å². The van der Waals surface area contributed by atoms with Gasteiger partial charge in [-0.25, -0.2) is 4.39 Å². The molecule has 230 valence electrons. The molecule has 1 saturated heterocycles. The minimum absolute atomic E-state index is 0.153. The van der Waals surface area contributed by atoms with Gasteiger partial charge in [-0.2, -0.15) is 0 Å². The van der Waals surface area contributed by atoms with Crippen molar-refractivity contribution in [2.45, 2.75) is 96.6 Å². The third-order valence-corrected chi connectivity index (χ3v) is 9.70. The lowest BCUT2D eigenvalue weighted by molar-refractivity contribution is -0.0173. The number of nitrogens with zero attached hydrogens (tertiary/aromatic N) is 5. The SMILES string of the molecule is Cc1ccc(C[C@@H]2CCCN2C[C@@H](O)CO[C@H](C)c2ccccc2CCc2nnn(COCC[Si](C)(C)C)n2)cc1F. The summed E-state index contributed by atoms with van der Waals surface area (Å²) >= 11 is 0. The molecule has 0 spiro atoms. The number of aryl methyl sites for hydroxylation is 3. The predicted octanol–water partition coefficient (Wildman–Crippen LogP) is 5.36. The average Bonchev–Trinajstić information content (AvgIpc) is 3.59. The maximum absolute atomic E-state index is 14.0.